The summed E-state index contributed by atoms with van der Waals surface area (Å²) in [6, 6.07) is 12.2. The SMILES string of the molecule is Cc1[nH]c2ccccc2c1C(=O)C(=O)NC1CC(=O)N(c2ccc3c(c2)OCCO3)C1. The summed E-state index contributed by atoms with van der Waals surface area (Å²) < 4.78 is 11.1. The van der Waals surface area contributed by atoms with E-state index in [2.05, 4.69) is 10.3 Å². The van der Waals surface area contributed by atoms with E-state index in [0.717, 1.165) is 5.52 Å². The number of para-hydroxylation sites is 1. The van der Waals surface area contributed by atoms with Crippen LogP contribution in [0.25, 0.3) is 10.9 Å². The van der Waals surface area contributed by atoms with Crippen LogP contribution < -0.4 is 19.7 Å². The Kier molecular flexibility index (Phi) is 4.62. The summed E-state index contributed by atoms with van der Waals surface area (Å²) in [6.07, 6.45) is 0.125. The standard InChI is InChI=1S/C23H21N3O5/c1-13-21(16-4-2-3-5-17(16)24-13)22(28)23(29)25-14-10-20(27)26(12-14)15-6-7-18-19(11-15)31-9-8-30-18/h2-7,11,14,24H,8-10,12H2,1H3,(H,25,29). The summed E-state index contributed by atoms with van der Waals surface area (Å²) in [7, 11) is 0. The molecule has 8 nitrogen and oxygen atoms in total. The van der Waals surface area contributed by atoms with Crippen molar-refractivity contribution in [2.75, 3.05) is 24.7 Å². The normalized spacial score (nSPS) is 17.8. The summed E-state index contributed by atoms with van der Waals surface area (Å²) in [6.45, 7) is 3.00. The van der Waals surface area contributed by atoms with Gasteiger partial charge in [-0.1, -0.05) is 18.2 Å². The molecule has 1 aromatic heterocycles. The Labute approximate surface area is 178 Å². The molecule has 1 atom stereocenters. The molecule has 1 unspecified atom stereocenters. The number of hydrogen-bond acceptors (Lipinski definition) is 5. The van der Waals surface area contributed by atoms with Crippen molar-refractivity contribution >= 4 is 34.2 Å². The second-order valence-electron chi connectivity index (χ2n) is 7.71. The first-order valence-corrected chi connectivity index (χ1v) is 10.1. The Morgan fingerprint density at radius 2 is 1.87 bits per heavy atom. The molecule has 0 aliphatic carbocycles. The second kappa shape index (κ2) is 7.46. The highest BCUT2D eigenvalue weighted by Gasteiger charge is 2.34. The predicted molar refractivity (Wildman–Crippen MR) is 114 cm³/mol. The van der Waals surface area contributed by atoms with E-state index in [4.69, 9.17) is 9.47 Å². The van der Waals surface area contributed by atoms with Gasteiger partial charge in [0.2, 0.25) is 5.91 Å². The number of Topliss-reactive ketones (excluding diaryl/α,β-unsaturated/α-hetero) is 1. The monoisotopic (exact) mass is 419 g/mol. The van der Waals surface area contributed by atoms with Gasteiger partial charge in [0, 0.05) is 41.3 Å². The van der Waals surface area contributed by atoms with Gasteiger partial charge in [-0.25, -0.2) is 0 Å². The minimum absolute atomic E-state index is 0.125. The molecule has 2 N–H and O–H groups in total. The lowest BCUT2D eigenvalue weighted by atomic mass is 10.1. The maximum absolute atomic E-state index is 12.9. The number of amides is 2. The van der Waals surface area contributed by atoms with Gasteiger partial charge in [-0.15, -0.1) is 0 Å². The van der Waals surface area contributed by atoms with Gasteiger partial charge in [0.25, 0.3) is 11.7 Å². The van der Waals surface area contributed by atoms with E-state index >= 15 is 0 Å². The number of benzene rings is 2. The van der Waals surface area contributed by atoms with Gasteiger partial charge >= 0.3 is 0 Å². The zero-order chi connectivity index (χ0) is 21.5. The minimum Gasteiger partial charge on any atom is -0.486 e. The summed E-state index contributed by atoms with van der Waals surface area (Å²) in [5.74, 6) is -0.215. The lowest BCUT2D eigenvalue weighted by Crippen LogP contribution is -2.41. The van der Waals surface area contributed by atoms with Crippen molar-refractivity contribution in [2.45, 2.75) is 19.4 Å². The number of aromatic nitrogens is 1. The summed E-state index contributed by atoms with van der Waals surface area (Å²) in [5.41, 5.74) is 2.48. The lowest BCUT2D eigenvalue weighted by Gasteiger charge is -2.22. The molecule has 0 bridgehead atoms. The van der Waals surface area contributed by atoms with Crippen molar-refractivity contribution in [3.8, 4) is 11.5 Å². The van der Waals surface area contributed by atoms with Crippen molar-refractivity contribution in [2.24, 2.45) is 0 Å². The zero-order valence-corrected chi connectivity index (χ0v) is 16.9. The molecule has 158 valence electrons. The molecule has 3 heterocycles. The van der Waals surface area contributed by atoms with Crippen molar-refractivity contribution in [3.63, 3.8) is 0 Å². The highest BCUT2D eigenvalue weighted by Crippen LogP contribution is 2.35. The first kappa shape index (κ1) is 19.2. The average Bonchev–Trinajstić information content (AvgIpc) is 3.31. The van der Waals surface area contributed by atoms with Crippen LogP contribution in [0.15, 0.2) is 42.5 Å². The number of aromatic amines is 1. The van der Waals surface area contributed by atoms with Crippen LogP contribution >= 0.6 is 0 Å². The molecule has 0 spiro atoms. The van der Waals surface area contributed by atoms with Crippen LogP contribution in [0.1, 0.15) is 22.5 Å². The lowest BCUT2D eigenvalue weighted by molar-refractivity contribution is -0.118. The number of rotatable bonds is 4. The molecule has 5 rings (SSSR count). The summed E-state index contributed by atoms with van der Waals surface area (Å²) >= 11 is 0. The summed E-state index contributed by atoms with van der Waals surface area (Å²) in [5, 5.41) is 3.44. The molecule has 2 aliphatic heterocycles. The van der Waals surface area contributed by atoms with Gasteiger partial charge in [0.15, 0.2) is 11.5 Å². The Morgan fingerprint density at radius 3 is 2.71 bits per heavy atom. The van der Waals surface area contributed by atoms with E-state index in [9.17, 15) is 14.4 Å². The third kappa shape index (κ3) is 3.39. The maximum atomic E-state index is 12.9. The molecule has 2 aromatic carbocycles. The number of hydrogen-bond donors (Lipinski definition) is 2. The van der Waals surface area contributed by atoms with Crippen molar-refractivity contribution in [1.29, 1.82) is 0 Å². The molecule has 3 aromatic rings. The molecular formula is C23H21N3O5. The fourth-order valence-electron chi connectivity index (χ4n) is 4.19. The second-order valence-corrected chi connectivity index (χ2v) is 7.71. The Hall–Kier alpha value is -3.81. The number of carbonyl (C=O) groups excluding carboxylic acids is 3. The Balaban J connectivity index is 1.31. The molecule has 0 saturated carbocycles. The van der Waals surface area contributed by atoms with E-state index in [1.165, 1.54) is 0 Å². The molecule has 2 amide bonds. The minimum atomic E-state index is -0.713. The Bertz CT molecular complexity index is 1220. The molecule has 0 radical (unpaired) electrons. The zero-order valence-electron chi connectivity index (χ0n) is 16.9. The topological polar surface area (TPSA) is 101 Å². The van der Waals surface area contributed by atoms with Crippen LogP contribution in [0.5, 0.6) is 11.5 Å². The van der Waals surface area contributed by atoms with E-state index < -0.39 is 17.7 Å². The number of anilines is 1. The fourth-order valence-corrected chi connectivity index (χ4v) is 4.19. The van der Waals surface area contributed by atoms with Crippen molar-refractivity contribution in [1.82, 2.24) is 10.3 Å². The van der Waals surface area contributed by atoms with E-state index in [1.807, 2.05) is 24.3 Å². The van der Waals surface area contributed by atoms with Crippen LogP contribution in [0.2, 0.25) is 0 Å². The fraction of sp³-hybridized carbons (Fsp3) is 0.261. The Morgan fingerprint density at radius 1 is 1.10 bits per heavy atom. The highest BCUT2D eigenvalue weighted by atomic mass is 16.6. The highest BCUT2D eigenvalue weighted by molar-refractivity contribution is 6.45. The third-order valence-electron chi connectivity index (χ3n) is 5.62. The van der Waals surface area contributed by atoms with Crippen LogP contribution in [0.3, 0.4) is 0 Å². The molecule has 2 aliphatic rings. The van der Waals surface area contributed by atoms with Gasteiger partial charge in [-0.2, -0.15) is 0 Å². The molecule has 1 fully saturated rings. The maximum Gasteiger partial charge on any atom is 0.292 e. The number of nitrogens with zero attached hydrogens (tertiary/aromatic N) is 1. The van der Waals surface area contributed by atoms with Crippen LogP contribution in [0.4, 0.5) is 5.69 Å². The number of aryl methyl sites for hydroxylation is 1. The average molecular weight is 419 g/mol. The molecule has 31 heavy (non-hydrogen) atoms. The molecular weight excluding hydrogens is 398 g/mol. The van der Waals surface area contributed by atoms with Gasteiger partial charge in [0.1, 0.15) is 13.2 Å². The van der Waals surface area contributed by atoms with Gasteiger partial charge in [0.05, 0.1) is 11.6 Å². The number of ether oxygens (including phenoxy) is 2. The number of fused-ring (bicyclic) bond motifs is 2. The van der Waals surface area contributed by atoms with Crippen molar-refractivity contribution in [3.05, 3.63) is 53.7 Å². The third-order valence-corrected chi connectivity index (χ3v) is 5.62. The van der Waals surface area contributed by atoms with Gasteiger partial charge < -0.3 is 24.7 Å². The molecule has 1 saturated heterocycles. The first-order chi connectivity index (χ1) is 15.0. The number of ketones is 1. The predicted octanol–water partition coefficient (Wildman–Crippen LogP) is 2.35. The van der Waals surface area contributed by atoms with Crippen LogP contribution in [-0.4, -0.2) is 48.4 Å². The van der Waals surface area contributed by atoms with Gasteiger partial charge in [-0.05, 0) is 25.1 Å². The first-order valence-electron chi connectivity index (χ1n) is 10.1. The van der Waals surface area contributed by atoms with Crippen LogP contribution in [-0.2, 0) is 9.59 Å². The largest absolute Gasteiger partial charge is 0.486 e. The quantitative estimate of drug-likeness (QED) is 0.499. The van der Waals surface area contributed by atoms with E-state index in [0.29, 0.717) is 47.0 Å². The molecule has 8 heteroatoms. The summed E-state index contributed by atoms with van der Waals surface area (Å²) in [4.78, 5) is 42.8. The van der Waals surface area contributed by atoms with Gasteiger partial charge in [-0.3, -0.25) is 14.4 Å². The van der Waals surface area contributed by atoms with Crippen molar-refractivity contribution < 1.29 is 23.9 Å². The van der Waals surface area contributed by atoms with E-state index in [1.54, 1.807) is 30.0 Å². The van der Waals surface area contributed by atoms with E-state index in [-0.39, 0.29) is 18.9 Å². The van der Waals surface area contributed by atoms with Crippen LogP contribution in [0, 0.1) is 6.92 Å². The number of H-pyrrole nitrogens is 1. The smallest absolute Gasteiger partial charge is 0.292 e. The number of nitrogens with one attached hydrogen (secondary N) is 2. The number of carbonyl (C=O) groups is 3.